The minimum atomic E-state index is -0.148. The van der Waals surface area contributed by atoms with Crippen LogP contribution in [-0.2, 0) is 0 Å². The van der Waals surface area contributed by atoms with Gasteiger partial charge >= 0.3 is 6.03 Å². The maximum Gasteiger partial charge on any atom is 0.322 e. The van der Waals surface area contributed by atoms with Crippen LogP contribution in [0.5, 0.6) is 0 Å². The SMILES string of the molecule is Cc1c(Cl)cccc1NC(=O)N1CCCC1c1nncn1-c1ccccc1. The van der Waals surface area contributed by atoms with E-state index in [0.29, 0.717) is 11.6 Å². The predicted octanol–water partition coefficient (Wildman–Crippen LogP) is 4.60. The molecule has 0 radical (unpaired) electrons. The van der Waals surface area contributed by atoms with Gasteiger partial charge in [-0.25, -0.2) is 4.79 Å². The third-order valence-corrected chi connectivity index (χ3v) is 5.34. The molecular weight excluding hydrogens is 362 g/mol. The van der Waals surface area contributed by atoms with Gasteiger partial charge in [-0.15, -0.1) is 10.2 Å². The Kier molecular flexibility index (Phi) is 4.81. The lowest BCUT2D eigenvalue weighted by Crippen LogP contribution is -2.35. The molecule has 0 bridgehead atoms. The van der Waals surface area contributed by atoms with E-state index in [1.165, 1.54) is 0 Å². The van der Waals surface area contributed by atoms with Crippen molar-refractivity contribution in [1.29, 1.82) is 0 Å². The number of aromatic nitrogens is 3. The molecule has 0 aliphatic carbocycles. The van der Waals surface area contributed by atoms with Crippen LogP contribution in [0.4, 0.5) is 10.5 Å². The van der Waals surface area contributed by atoms with Crippen LogP contribution in [0, 0.1) is 6.92 Å². The molecule has 3 aromatic rings. The summed E-state index contributed by atoms with van der Waals surface area (Å²) in [7, 11) is 0. The van der Waals surface area contributed by atoms with Crippen molar-refractivity contribution in [3.63, 3.8) is 0 Å². The molecule has 1 N–H and O–H groups in total. The first-order chi connectivity index (χ1) is 13.1. The Labute approximate surface area is 162 Å². The summed E-state index contributed by atoms with van der Waals surface area (Å²) in [5.41, 5.74) is 2.56. The summed E-state index contributed by atoms with van der Waals surface area (Å²) in [6, 6.07) is 15.2. The molecule has 1 aliphatic heterocycles. The highest BCUT2D eigenvalue weighted by Gasteiger charge is 2.33. The second-order valence-corrected chi connectivity index (χ2v) is 7.00. The fourth-order valence-electron chi connectivity index (χ4n) is 3.47. The lowest BCUT2D eigenvalue weighted by Gasteiger charge is -2.25. The van der Waals surface area contributed by atoms with E-state index >= 15 is 0 Å². The largest absolute Gasteiger partial charge is 0.322 e. The average molecular weight is 382 g/mol. The van der Waals surface area contributed by atoms with E-state index in [1.54, 1.807) is 6.33 Å². The van der Waals surface area contributed by atoms with E-state index in [2.05, 4.69) is 15.5 Å². The topological polar surface area (TPSA) is 63.1 Å². The summed E-state index contributed by atoms with van der Waals surface area (Å²) in [5, 5.41) is 12.0. The van der Waals surface area contributed by atoms with Crippen molar-refractivity contribution in [2.75, 3.05) is 11.9 Å². The Morgan fingerprint density at radius 1 is 1.19 bits per heavy atom. The first-order valence-electron chi connectivity index (χ1n) is 8.93. The Morgan fingerprint density at radius 2 is 2.00 bits per heavy atom. The third kappa shape index (κ3) is 3.40. The summed E-state index contributed by atoms with van der Waals surface area (Å²) in [4.78, 5) is 14.8. The van der Waals surface area contributed by atoms with Gasteiger partial charge in [0.1, 0.15) is 6.33 Å². The quantitative estimate of drug-likeness (QED) is 0.721. The Balaban J connectivity index is 1.59. The van der Waals surface area contributed by atoms with Crippen molar-refractivity contribution in [1.82, 2.24) is 19.7 Å². The molecule has 2 heterocycles. The minimum absolute atomic E-state index is 0.118. The van der Waals surface area contributed by atoms with Gasteiger partial charge in [0.15, 0.2) is 5.82 Å². The monoisotopic (exact) mass is 381 g/mol. The van der Waals surface area contributed by atoms with Crippen LogP contribution < -0.4 is 5.32 Å². The number of hydrogen-bond donors (Lipinski definition) is 1. The molecule has 0 spiro atoms. The van der Waals surface area contributed by atoms with Gasteiger partial charge < -0.3 is 10.2 Å². The van der Waals surface area contributed by atoms with E-state index in [0.717, 1.165) is 35.6 Å². The fourth-order valence-corrected chi connectivity index (χ4v) is 3.64. The van der Waals surface area contributed by atoms with Crippen molar-refractivity contribution in [2.45, 2.75) is 25.8 Å². The van der Waals surface area contributed by atoms with E-state index in [9.17, 15) is 4.79 Å². The first-order valence-corrected chi connectivity index (χ1v) is 9.31. The number of para-hydroxylation sites is 1. The van der Waals surface area contributed by atoms with E-state index < -0.39 is 0 Å². The molecule has 1 fully saturated rings. The van der Waals surface area contributed by atoms with Gasteiger partial charge in [0.2, 0.25) is 0 Å². The number of nitrogens with zero attached hydrogens (tertiary/aromatic N) is 4. The molecule has 138 valence electrons. The molecule has 1 aromatic heterocycles. The number of carbonyl (C=O) groups is 1. The second kappa shape index (κ2) is 7.40. The molecule has 1 aliphatic rings. The predicted molar refractivity (Wildman–Crippen MR) is 105 cm³/mol. The minimum Gasteiger partial charge on any atom is -0.314 e. The number of urea groups is 1. The van der Waals surface area contributed by atoms with Gasteiger partial charge in [-0.1, -0.05) is 35.9 Å². The molecule has 2 aromatic carbocycles. The molecule has 27 heavy (non-hydrogen) atoms. The highest BCUT2D eigenvalue weighted by Crippen LogP contribution is 2.33. The van der Waals surface area contributed by atoms with Crippen LogP contribution in [0.25, 0.3) is 5.69 Å². The van der Waals surface area contributed by atoms with Crippen molar-refractivity contribution in [2.24, 2.45) is 0 Å². The van der Waals surface area contributed by atoms with Gasteiger partial charge in [-0.2, -0.15) is 0 Å². The van der Waals surface area contributed by atoms with Gasteiger partial charge in [-0.3, -0.25) is 4.57 Å². The standard InChI is InChI=1S/C20H20ClN5O/c1-14-16(21)9-5-10-17(14)23-20(27)25-12-6-11-18(25)19-24-22-13-26(19)15-7-3-2-4-8-15/h2-5,7-10,13,18H,6,11-12H2,1H3,(H,23,27). The molecular formula is C20H20ClN5O. The van der Waals surface area contributed by atoms with Crippen molar-refractivity contribution < 1.29 is 4.79 Å². The average Bonchev–Trinajstić information content (AvgIpc) is 3.35. The first kappa shape index (κ1) is 17.5. The molecule has 7 heteroatoms. The zero-order valence-electron chi connectivity index (χ0n) is 15.0. The number of benzene rings is 2. The molecule has 2 amide bonds. The number of nitrogens with one attached hydrogen (secondary N) is 1. The number of carbonyl (C=O) groups excluding carboxylic acids is 1. The summed E-state index contributed by atoms with van der Waals surface area (Å²) in [5.74, 6) is 0.775. The van der Waals surface area contributed by atoms with E-state index in [-0.39, 0.29) is 12.1 Å². The van der Waals surface area contributed by atoms with E-state index in [1.807, 2.05) is 64.9 Å². The van der Waals surface area contributed by atoms with Gasteiger partial charge in [0, 0.05) is 22.9 Å². The van der Waals surface area contributed by atoms with Crippen LogP contribution in [0.2, 0.25) is 5.02 Å². The molecule has 0 saturated carbocycles. The number of amides is 2. The van der Waals surface area contributed by atoms with Crippen molar-refractivity contribution in [3.8, 4) is 5.69 Å². The third-order valence-electron chi connectivity index (χ3n) is 4.93. The Morgan fingerprint density at radius 3 is 2.81 bits per heavy atom. The summed E-state index contributed by atoms with van der Waals surface area (Å²) >= 11 is 6.17. The van der Waals surface area contributed by atoms with E-state index in [4.69, 9.17) is 11.6 Å². The highest BCUT2D eigenvalue weighted by atomic mass is 35.5. The molecule has 1 atom stereocenters. The number of likely N-dealkylation sites (tertiary alicyclic amines) is 1. The Bertz CT molecular complexity index is 956. The lowest BCUT2D eigenvalue weighted by atomic mass is 10.2. The lowest BCUT2D eigenvalue weighted by molar-refractivity contribution is 0.204. The molecule has 1 unspecified atom stereocenters. The fraction of sp³-hybridized carbons (Fsp3) is 0.250. The van der Waals surface area contributed by atoms with Crippen molar-refractivity contribution in [3.05, 3.63) is 71.3 Å². The van der Waals surface area contributed by atoms with Crippen molar-refractivity contribution >= 4 is 23.3 Å². The van der Waals surface area contributed by atoms with Crippen LogP contribution in [0.3, 0.4) is 0 Å². The Hall–Kier alpha value is -2.86. The smallest absolute Gasteiger partial charge is 0.314 e. The second-order valence-electron chi connectivity index (χ2n) is 6.59. The molecule has 6 nitrogen and oxygen atoms in total. The van der Waals surface area contributed by atoms with Gasteiger partial charge in [0.25, 0.3) is 0 Å². The van der Waals surface area contributed by atoms with Gasteiger partial charge in [-0.05, 0) is 49.6 Å². The maximum absolute atomic E-state index is 12.9. The molecule has 1 saturated heterocycles. The van der Waals surface area contributed by atoms with Crippen LogP contribution in [0.15, 0.2) is 54.9 Å². The van der Waals surface area contributed by atoms with Crippen LogP contribution in [0.1, 0.15) is 30.3 Å². The molecule has 4 rings (SSSR count). The number of hydrogen-bond acceptors (Lipinski definition) is 3. The number of halogens is 1. The van der Waals surface area contributed by atoms with Crippen LogP contribution in [-0.4, -0.2) is 32.2 Å². The summed E-state index contributed by atoms with van der Waals surface area (Å²) in [6.07, 6.45) is 3.47. The number of anilines is 1. The zero-order valence-corrected chi connectivity index (χ0v) is 15.7. The highest BCUT2D eigenvalue weighted by molar-refractivity contribution is 6.31. The zero-order chi connectivity index (χ0) is 18.8. The van der Waals surface area contributed by atoms with Gasteiger partial charge in [0.05, 0.1) is 6.04 Å². The summed E-state index contributed by atoms with van der Waals surface area (Å²) in [6.45, 7) is 2.57. The van der Waals surface area contributed by atoms with Crippen LogP contribution >= 0.6 is 11.6 Å². The normalized spacial score (nSPS) is 16.5. The number of rotatable bonds is 3. The summed E-state index contributed by atoms with van der Waals surface area (Å²) < 4.78 is 1.95. The maximum atomic E-state index is 12.9.